The number of halogens is 1. The smallest absolute Gasteiger partial charge is 0.288 e. The summed E-state index contributed by atoms with van der Waals surface area (Å²) in [5.74, 6) is 0.589. The number of pyridine rings is 1. The molecule has 0 unspecified atom stereocenters. The molecule has 0 saturated carbocycles. The third-order valence-electron chi connectivity index (χ3n) is 2.72. The van der Waals surface area contributed by atoms with E-state index in [1.54, 1.807) is 0 Å². The topological polar surface area (TPSA) is 94.1 Å². The van der Waals surface area contributed by atoms with Crippen molar-refractivity contribution >= 4 is 33.1 Å². The second kappa shape index (κ2) is 6.33. The highest BCUT2D eigenvalue weighted by atomic mass is 79.9. The van der Waals surface area contributed by atoms with Gasteiger partial charge in [-0.25, -0.2) is 4.98 Å². The predicted molar refractivity (Wildman–Crippen MR) is 81.6 cm³/mol. The molecule has 0 bridgehead atoms. The van der Waals surface area contributed by atoms with Crippen molar-refractivity contribution in [2.75, 3.05) is 17.6 Å². The summed E-state index contributed by atoms with van der Waals surface area (Å²) in [7, 11) is 0. The molecule has 1 aromatic heterocycles. The maximum Gasteiger partial charge on any atom is 0.288 e. The highest BCUT2D eigenvalue weighted by Crippen LogP contribution is 2.24. The first-order valence-electron chi connectivity index (χ1n) is 5.94. The number of anilines is 2. The molecule has 2 rings (SSSR count). The summed E-state index contributed by atoms with van der Waals surface area (Å²) in [6.07, 6.45) is 2.04. The maximum absolute atomic E-state index is 10.6. The highest BCUT2D eigenvalue weighted by molar-refractivity contribution is 9.10. The second-order valence-electron chi connectivity index (χ2n) is 4.20. The lowest BCUT2D eigenvalue weighted by molar-refractivity contribution is -0.385. The SMILES string of the molecule is Nc1ccc(CCNc2ncc([N+](=O)[O-])cc2Br)cc1. The standard InChI is InChI=1S/C13H13BrN4O2/c14-12-7-11(18(19)20)8-17-13(12)16-6-5-9-1-3-10(15)4-2-9/h1-4,7-8H,5-6,15H2,(H,16,17). The van der Waals surface area contributed by atoms with Gasteiger partial charge in [0.25, 0.3) is 5.69 Å². The number of rotatable bonds is 5. The Kier molecular flexibility index (Phi) is 4.52. The van der Waals surface area contributed by atoms with Crippen LogP contribution in [0.15, 0.2) is 41.0 Å². The van der Waals surface area contributed by atoms with Crippen LogP contribution in [0.25, 0.3) is 0 Å². The van der Waals surface area contributed by atoms with Crippen LogP contribution in [0.4, 0.5) is 17.2 Å². The molecule has 2 aromatic rings. The van der Waals surface area contributed by atoms with E-state index in [-0.39, 0.29) is 5.69 Å². The van der Waals surface area contributed by atoms with E-state index >= 15 is 0 Å². The lowest BCUT2D eigenvalue weighted by Crippen LogP contribution is -2.07. The Hall–Kier alpha value is -2.15. The fourth-order valence-corrected chi connectivity index (χ4v) is 2.14. The number of nitrogens with two attached hydrogens (primary N) is 1. The van der Waals surface area contributed by atoms with E-state index in [0.717, 1.165) is 17.7 Å². The van der Waals surface area contributed by atoms with Crippen LogP contribution in [-0.4, -0.2) is 16.5 Å². The van der Waals surface area contributed by atoms with Gasteiger partial charge >= 0.3 is 0 Å². The van der Waals surface area contributed by atoms with Crippen LogP contribution in [0.5, 0.6) is 0 Å². The molecule has 0 aliphatic heterocycles. The Labute approximate surface area is 124 Å². The normalized spacial score (nSPS) is 10.2. The van der Waals surface area contributed by atoms with Crippen molar-refractivity contribution < 1.29 is 4.92 Å². The van der Waals surface area contributed by atoms with Crippen molar-refractivity contribution in [2.24, 2.45) is 0 Å². The van der Waals surface area contributed by atoms with E-state index < -0.39 is 4.92 Å². The highest BCUT2D eigenvalue weighted by Gasteiger charge is 2.10. The molecule has 0 fully saturated rings. The Morgan fingerprint density at radius 3 is 2.65 bits per heavy atom. The van der Waals surface area contributed by atoms with Gasteiger partial charge in [-0.1, -0.05) is 12.1 Å². The molecule has 0 saturated heterocycles. The van der Waals surface area contributed by atoms with Crippen LogP contribution in [-0.2, 0) is 6.42 Å². The summed E-state index contributed by atoms with van der Waals surface area (Å²) in [4.78, 5) is 14.2. The number of nitrogens with zero attached hydrogens (tertiary/aromatic N) is 2. The van der Waals surface area contributed by atoms with E-state index in [9.17, 15) is 10.1 Å². The van der Waals surface area contributed by atoms with Gasteiger partial charge < -0.3 is 11.1 Å². The van der Waals surface area contributed by atoms with E-state index in [1.807, 2.05) is 24.3 Å². The molecule has 0 atom stereocenters. The van der Waals surface area contributed by atoms with Gasteiger partial charge in [-0.15, -0.1) is 0 Å². The number of hydrogen-bond donors (Lipinski definition) is 2. The molecular formula is C13H13BrN4O2. The Morgan fingerprint density at radius 1 is 1.35 bits per heavy atom. The van der Waals surface area contributed by atoms with Gasteiger partial charge in [0.1, 0.15) is 12.0 Å². The van der Waals surface area contributed by atoms with Crippen LogP contribution in [0.1, 0.15) is 5.56 Å². The molecule has 3 N–H and O–H groups in total. The number of nitrogen functional groups attached to an aromatic ring is 1. The van der Waals surface area contributed by atoms with E-state index in [4.69, 9.17) is 5.73 Å². The third kappa shape index (κ3) is 3.67. The third-order valence-corrected chi connectivity index (χ3v) is 3.33. The minimum atomic E-state index is -0.476. The summed E-state index contributed by atoms with van der Waals surface area (Å²) in [5.41, 5.74) is 7.47. The van der Waals surface area contributed by atoms with E-state index in [2.05, 4.69) is 26.2 Å². The minimum absolute atomic E-state index is 0.0408. The van der Waals surface area contributed by atoms with Crippen LogP contribution in [0.2, 0.25) is 0 Å². The predicted octanol–water partition coefficient (Wildman–Crippen LogP) is 2.99. The fraction of sp³-hybridized carbons (Fsp3) is 0.154. The van der Waals surface area contributed by atoms with Gasteiger partial charge in [0.2, 0.25) is 0 Å². The molecule has 7 heteroatoms. The van der Waals surface area contributed by atoms with Crippen molar-refractivity contribution in [1.82, 2.24) is 4.98 Å². The molecule has 6 nitrogen and oxygen atoms in total. The monoisotopic (exact) mass is 336 g/mol. The fourth-order valence-electron chi connectivity index (χ4n) is 1.67. The first-order valence-corrected chi connectivity index (χ1v) is 6.74. The van der Waals surface area contributed by atoms with Crippen molar-refractivity contribution in [3.05, 3.63) is 56.7 Å². The lowest BCUT2D eigenvalue weighted by Gasteiger charge is -2.07. The lowest BCUT2D eigenvalue weighted by atomic mass is 10.1. The molecule has 20 heavy (non-hydrogen) atoms. The van der Waals surface area contributed by atoms with Gasteiger partial charge in [-0.05, 0) is 40.0 Å². The van der Waals surface area contributed by atoms with Gasteiger partial charge in [0.05, 0.1) is 9.40 Å². The van der Waals surface area contributed by atoms with Gasteiger partial charge in [0.15, 0.2) is 0 Å². The molecule has 104 valence electrons. The average Bonchev–Trinajstić information content (AvgIpc) is 2.42. The van der Waals surface area contributed by atoms with Gasteiger partial charge in [-0.3, -0.25) is 10.1 Å². The summed E-state index contributed by atoms with van der Waals surface area (Å²) in [6, 6.07) is 9.08. The number of aromatic nitrogens is 1. The number of benzene rings is 1. The van der Waals surface area contributed by atoms with Crippen molar-refractivity contribution in [1.29, 1.82) is 0 Å². The first-order chi connectivity index (χ1) is 9.56. The molecule has 0 amide bonds. The quantitative estimate of drug-likeness (QED) is 0.497. The van der Waals surface area contributed by atoms with Crippen LogP contribution < -0.4 is 11.1 Å². The molecule has 1 heterocycles. The van der Waals surface area contributed by atoms with E-state index in [1.165, 1.54) is 12.3 Å². The zero-order valence-corrected chi connectivity index (χ0v) is 12.1. The number of nitro groups is 1. The second-order valence-corrected chi connectivity index (χ2v) is 5.05. The zero-order valence-electron chi connectivity index (χ0n) is 10.5. The van der Waals surface area contributed by atoms with Crippen molar-refractivity contribution in [2.45, 2.75) is 6.42 Å². The molecule has 0 aliphatic rings. The largest absolute Gasteiger partial charge is 0.399 e. The molecule has 1 aromatic carbocycles. The molecule has 0 radical (unpaired) electrons. The summed E-state index contributed by atoms with van der Waals surface area (Å²) < 4.78 is 0.573. The van der Waals surface area contributed by atoms with Gasteiger partial charge in [-0.2, -0.15) is 0 Å². The Bertz CT molecular complexity index is 616. The number of hydrogen-bond acceptors (Lipinski definition) is 5. The summed E-state index contributed by atoms with van der Waals surface area (Å²) in [6.45, 7) is 0.674. The number of nitrogens with one attached hydrogen (secondary N) is 1. The molecule has 0 aliphatic carbocycles. The minimum Gasteiger partial charge on any atom is -0.399 e. The summed E-state index contributed by atoms with van der Waals surface area (Å²) >= 11 is 3.27. The Balaban J connectivity index is 1.94. The molecular weight excluding hydrogens is 324 g/mol. The molecule has 0 spiro atoms. The summed E-state index contributed by atoms with van der Waals surface area (Å²) in [5, 5.41) is 13.7. The Morgan fingerprint density at radius 2 is 2.05 bits per heavy atom. The van der Waals surface area contributed by atoms with Crippen LogP contribution >= 0.6 is 15.9 Å². The van der Waals surface area contributed by atoms with Crippen molar-refractivity contribution in [3.63, 3.8) is 0 Å². The zero-order chi connectivity index (χ0) is 14.5. The van der Waals surface area contributed by atoms with Crippen LogP contribution in [0, 0.1) is 10.1 Å². The first kappa shape index (κ1) is 14.3. The van der Waals surface area contributed by atoms with Crippen LogP contribution in [0.3, 0.4) is 0 Å². The van der Waals surface area contributed by atoms with Gasteiger partial charge in [0, 0.05) is 18.3 Å². The van der Waals surface area contributed by atoms with E-state index in [0.29, 0.717) is 16.8 Å². The maximum atomic E-state index is 10.6. The average molecular weight is 337 g/mol. The van der Waals surface area contributed by atoms with Crippen molar-refractivity contribution in [3.8, 4) is 0 Å².